The highest BCUT2D eigenvalue weighted by Gasteiger charge is 2.19. The number of nitrogens with one attached hydrogen (secondary N) is 1. The van der Waals surface area contributed by atoms with E-state index >= 15 is 0 Å². The first kappa shape index (κ1) is 13.0. The van der Waals surface area contributed by atoms with Crippen molar-refractivity contribution in [3.63, 3.8) is 0 Å². The molecule has 1 aromatic heterocycles. The Morgan fingerprint density at radius 1 is 1.53 bits per heavy atom. The Bertz CT molecular complexity index is 372. The van der Waals surface area contributed by atoms with Gasteiger partial charge >= 0.3 is 0 Å². The third kappa shape index (κ3) is 3.76. The lowest BCUT2D eigenvalue weighted by atomic mass is 10.3. The Morgan fingerprint density at radius 2 is 2.35 bits per heavy atom. The molecule has 1 fully saturated rings. The van der Waals surface area contributed by atoms with Crippen LogP contribution in [0.15, 0.2) is 12.1 Å². The maximum atomic E-state index is 6.14. The lowest BCUT2D eigenvalue weighted by Crippen LogP contribution is -2.30. The number of rotatable bonds is 6. The van der Waals surface area contributed by atoms with Gasteiger partial charge in [-0.3, -0.25) is 0 Å². The normalized spacial score (nSPS) is 15.6. The second kappa shape index (κ2) is 6.47. The van der Waals surface area contributed by atoms with E-state index in [-0.39, 0.29) is 0 Å². The molecular formula is C12H17ClN2OS. The van der Waals surface area contributed by atoms with Crippen molar-refractivity contribution < 1.29 is 4.74 Å². The number of halogens is 1. The molecule has 2 rings (SSSR count). The van der Waals surface area contributed by atoms with Crippen molar-refractivity contribution in [2.75, 3.05) is 25.1 Å². The molecule has 0 unspecified atom stereocenters. The lowest BCUT2D eigenvalue weighted by molar-refractivity contribution is 0.0455. The summed E-state index contributed by atoms with van der Waals surface area (Å²) in [6.45, 7) is 4.79. The Hall–Kier alpha value is -0.450. The predicted molar refractivity (Wildman–Crippen MR) is 73.9 cm³/mol. The fraction of sp³-hybridized carbons (Fsp3) is 0.583. The number of hydrogen-bond donors (Lipinski definition) is 1. The number of anilines is 1. The van der Waals surface area contributed by atoms with Crippen LogP contribution in [-0.4, -0.2) is 30.0 Å². The number of pyridine rings is 1. The molecule has 1 aliphatic heterocycles. The van der Waals surface area contributed by atoms with E-state index in [1.165, 1.54) is 0 Å². The number of aromatic nitrogens is 1. The Labute approximate surface area is 111 Å². The average Bonchev–Trinajstić information content (AvgIpc) is 2.27. The highest BCUT2D eigenvalue weighted by atomic mass is 35.5. The minimum Gasteiger partial charge on any atom is -0.379 e. The van der Waals surface area contributed by atoms with Gasteiger partial charge in [0.05, 0.1) is 29.2 Å². The van der Waals surface area contributed by atoms with Gasteiger partial charge < -0.3 is 10.1 Å². The van der Waals surface area contributed by atoms with Crippen molar-refractivity contribution in [2.24, 2.45) is 0 Å². The molecule has 0 aromatic carbocycles. The molecule has 17 heavy (non-hydrogen) atoms. The highest BCUT2D eigenvalue weighted by Crippen LogP contribution is 2.26. The van der Waals surface area contributed by atoms with Crippen molar-refractivity contribution in [3.05, 3.63) is 22.8 Å². The molecule has 1 aromatic rings. The van der Waals surface area contributed by atoms with Crippen molar-refractivity contribution in [1.82, 2.24) is 4.98 Å². The van der Waals surface area contributed by atoms with Gasteiger partial charge in [0.15, 0.2) is 0 Å². The van der Waals surface area contributed by atoms with E-state index in [2.05, 4.69) is 17.2 Å². The number of hydrogen-bond acceptors (Lipinski definition) is 4. The van der Waals surface area contributed by atoms with Gasteiger partial charge in [-0.15, -0.1) is 11.8 Å². The smallest absolute Gasteiger partial charge is 0.126 e. The summed E-state index contributed by atoms with van der Waals surface area (Å²) in [6, 6.07) is 3.85. The second-order valence-corrected chi connectivity index (χ2v) is 5.72. The zero-order valence-electron chi connectivity index (χ0n) is 9.91. The summed E-state index contributed by atoms with van der Waals surface area (Å²) in [6.07, 6.45) is 1.09. The van der Waals surface area contributed by atoms with E-state index in [0.717, 1.165) is 48.5 Å². The van der Waals surface area contributed by atoms with Crippen LogP contribution in [0.3, 0.4) is 0 Å². The Morgan fingerprint density at radius 3 is 3.00 bits per heavy atom. The highest BCUT2D eigenvalue weighted by molar-refractivity contribution is 7.99. The molecule has 0 bridgehead atoms. The van der Waals surface area contributed by atoms with Gasteiger partial charge in [0.25, 0.3) is 0 Å². The second-order valence-electron chi connectivity index (χ2n) is 4.02. The number of ether oxygens (including phenoxy) is 1. The minimum absolute atomic E-state index is 0.611. The monoisotopic (exact) mass is 272 g/mol. The van der Waals surface area contributed by atoms with Crippen molar-refractivity contribution >= 4 is 29.2 Å². The SMILES string of the molecule is CCCNc1ccc(Cl)c(CSC2COC2)n1. The van der Waals surface area contributed by atoms with Crippen molar-refractivity contribution in [2.45, 2.75) is 24.3 Å². The molecular weight excluding hydrogens is 256 g/mol. The van der Waals surface area contributed by atoms with Gasteiger partial charge in [-0.1, -0.05) is 18.5 Å². The third-order valence-corrected chi connectivity index (χ3v) is 4.07. The molecule has 5 heteroatoms. The van der Waals surface area contributed by atoms with Crippen molar-refractivity contribution in [1.29, 1.82) is 0 Å². The first-order valence-corrected chi connectivity index (χ1v) is 7.31. The fourth-order valence-corrected chi connectivity index (χ4v) is 2.69. The topological polar surface area (TPSA) is 34.1 Å². The lowest BCUT2D eigenvalue weighted by Gasteiger charge is -2.25. The molecule has 0 radical (unpaired) electrons. The molecule has 0 aliphatic carbocycles. The van der Waals surface area contributed by atoms with Crippen LogP contribution in [0.4, 0.5) is 5.82 Å². The Balaban J connectivity index is 1.93. The molecule has 0 spiro atoms. The van der Waals surface area contributed by atoms with Crippen LogP contribution in [0.2, 0.25) is 5.02 Å². The van der Waals surface area contributed by atoms with E-state index in [1.807, 2.05) is 23.9 Å². The molecule has 0 atom stereocenters. The number of thioether (sulfide) groups is 1. The standard InChI is InChI=1S/C12H17ClN2OS/c1-2-5-14-12-4-3-10(13)11(15-12)8-17-9-6-16-7-9/h3-4,9H,2,5-8H2,1H3,(H,14,15). The molecule has 3 nitrogen and oxygen atoms in total. The largest absolute Gasteiger partial charge is 0.379 e. The molecule has 1 saturated heterocycles. The van der Waals surface area contributed by atoms with E-state index in [1.54, 1.807) is 0 Å². The van der Waals surface area contributed by atoms with E-state index in [4.69, 9.17) is 16.3 Å². The van der Waals surface area contributed by atoms with Gasteiger partial charge in [0.1, 0.15) is 5.82 Å². The summed E-state index contributed by atoms with van der Waals surface area (Å²) >= 11 is 8.00. The van der Waals surface area contributed by atoms with Crippen LogP contribution >= 0.6 is 23.4 Å². The Kier molecular flexibility index (Phi) is 4.95. The summed E-state index contributed by atoms with van der Waals surface area (Å²) in [7, 11) is 0. The zero-order chi connectivity index (χ0) is 12.1. The van der Waals surface area contributed by atoms with Crippen LogP contribution in [0.25, 0.3) is 0 Å². The summed E-state index contributed by atoms with van der Waals surface area (Å²) in [4.78, 5) is 4.54. The maximum Gasteiger partial charge on any atom is 0.126 e. The molecule has 94 valence electrons. The predicted octanol–water partition coefficient (Wildman–Crippen LogP) is 3.19. The van der Waals surface area contributed by atoms with Gasteiger partial charge in [-0.2, -0.15) is 0 Å². The van der Waals surface area contributed by atoms with Gasteiger partial charge in [0.2, 0.25) is 0 Å². The first-order chi connectivity index (χ1) is 8.29. The molecule has 1 aliphatic rings. The molecule has 0 saturated carbocycles. The van der Waals surface area contributed by atoms with Crippen LogP contribution < -0.4 is 5.32 Å². The summed E-state index contributed by atoms with van der Waals surface area (Å²) in [5, 5.41) is 4.63. The summed E-state index contributed by atoms with van der Waals surface area (Å²) in [5.74, 6) is 1.77. The fourth-order valence-electron chi connectivity index (χ4n) is 1.44. The maximum absolute atomic E-state index is 6.14. The molecule has 1 N–H and O–H groups in total. The molecule has 2 heterocycles. The van der Waals surface area contributed by atoms with E-state index in [9.17, 15) is 0 Å². The quantitative estimate of drug-likeness (QED) is 0.862. The molecule has 0 amide bonds. The van der Waals surface area contributed by atoms with Gasteiger partial charge in [0, 0.05) is 12.3 Å². The van der Waals surface area contributed by atoms with Crippen LogP contribution in [-0.2, 0) is 10.5 Å². The average molecular weight is 273 g/mol. The van der Waals surface area contributed by atoms with Crippen LogP contribution in [0, 0.1) is 0 Å². The van der Waals surface area contributed by atoms with Gasteiger partial charge in [-0.25, -0.2) is 4.98 Å². The van der Waals surface area contributed by atoms with Gasteiger partial charge in [-0.05, 0) is 18.6 Å². The number of nitrogens with zero attached hydrogens (tertiary/aromatic N) is 1. The zero-order valence-corrected chi connectivity index (χ0v) is 11.5. The summed E-state index contributed by atoms with van der Waals surface area (Å²) in [5.41, 5.74) is 0.963. The minimum atomic E-state index is 0.611. The van der Waals surface area contributed by atoms with Crippen molar-refractivity contribution in [3.8, 4) is 0 Å². The first-order valence-electron chi connectivity index (χ1n) is 5.88. The summed E-state index contributed by atoms with van der Waals surface area (Å²) < 4.78 is 5.14. The van der Waals surface area contributed by atoms with E-state index < -0.39 is 0 Å². The third-order valence-electron chi connectivity index (χ3n) is 2.54. The van der Waals surface area contributed by atoms with E-state index in [0.29, 0.717) is 5.25 Å². The van der Waals surface area contributed by atoms with Crippen LogP contribution in [0.1, 0.15) is 19.0 Å². The van der Waals surface area contributed by atoms with Crippen LogP contribution in [0.5, 0.6) is 0 Å².